The molecule has 4 aromatic heterocycles. The first-order chi connectivity index (χ1) is 18.4. The van der Waals surface area contributed by atoms with Crippen LogP contribution in [0, 0.1) is 26.6 Å². The summed E-state index contributed by atoms with van der Waals surface area (Å²) in [6, 6.07) is 7.72. The summed E-state index contributed by atoms with van der Waals surface area (Å²) in [5.41, 5.74) is 0.282. The van der Waals surface area contributed by atoms with Gasteiger partial charge in [-0.25, -0.2) is 9.37 Å². The van der Waals surface area contributed by atoms with Crippen molar-refractivity contribution in [1.29, 1.82) is 0 Å². The zero-order chi connectivity index (χ0) is 29.1. The van der Waals surface area contributed by atoms with E-state index < -0.39 is 22.5 Å². The van der Waals surface area contributed by atoms with Crippen LogP contribution in [0.2, 0.25) is 5.02 Å². The summed E-state index contributed by atoms with van der Waals surface area (Å²) in [5.74, 6) is -0.145. The predicted molar refractivity (Wildman–Crippen MR) is 150 cm³/mol. The molecule has 0 aliphatic carbocycles. The SMILES string of the molecule is CC.Cc1cnc(COc2cc(C)n(-c3cc(-n4cccc(C(C)(C)O)c4=O)ncc3C)c(=O)c2Cl)c(F)c1. The van der Waals surface area contributed by atoms with E-state index in [0.29, 0.717) is 22.5 Å². The van der Waals surface area contributed by atoms with Gasteiger partial charge in [-0.05, 0) is 63.9 Å². The molecule has 0 aliphatic rings. The first kappa shape index (κ1) is 29.7. The molecular weight excluding hydrogens is 523 g/mol. The molecule has 0 saturated heterocycles. The first-order valence-corrected chi connectivity index (χ1v) is 12.8. The number of aromatic nitrogens is 4. The Kier molecular flexibility index (Phi) is 9.09. The van der Waals surface area contributed by atoms with E-state index in [1.165, 1.54) is 41.4 Å². The number of aliphatic hydroxyl groups is 1. The quantitative estimate of drug-likeness (QED) is 0.346. The molecule has 0 spiro atoms. The molecule has 4 aromatic rings. The van der Waals surface area contributed by atoms with Gasteiger partial charge in [0.15, 0.2) is 0 Å². The summed E-state index contributed by atoms with van der Waals surface area (Å²) < 4.78 is 22.5. The number of nitrogens with zero attached hydrogens (tertiary/aromatic N) is 4. The lowest BCUT2D eigenvalue weighted by Gasteiger charge is -2.19. The summed E-state index contributed by atoms with van der Waals surface area (Å²) >= 11 is 6.39. The maximum atomic E-state index is 14.2. The third-order valence-electron chi connectivity index (χ3n) is 5.87. The molecule has 0 radical (unpaired) electrons. The Labute approximate surface area is 231 Å². The molecule has 0 unspecified atom stereocenters. The number of halogens is 2. The van der Waals surface area contributed by atoms with E-state index >= 15 is 0 Å². The molecule has 0 saturated carbocycles. The molecule has 0 fully saturated rings. The van der Waals surface area contributed by atoms with Gasteiger partial charge in [0.1, 0.15) is 34.7 Å². The average molecular weight is 555 g/mol. The van der Waals surface area contributed by atoms with Crippen LogP contribution in [0.5, 0.6) is 5.75 Å². The van der Waals surface area contributed by atoms with Gasteiger partial charge < -0.3 is 9.84 Å². The number of aryl methyl sites for hydroxylation is 3. The summed E-state index contributed by atoms with van der Waals surface area (Å²) in [6.07, 6.45) is 4.61. The lowest BCUT2D eigenvalue weighted by molar-refractivity contribution is 0.0767. The Morgan fingerprint density at radius 3 is 2.38 bits per heavy atom. The molecule has 4 heterocycles. The Morgan fingerprint density at radius 2 is 1.74 bits per heavy atom. The largest absolute Gasteiger partial charge is 0.485 e. The van der Waals surface area contributed by atoms with Gasteiger partial charge in [-0.2, -0.15) is 0 Å². The summed E-state index contributed by atoms with van der Waals surface area (Å²) in [4.78, 5) is 34.8. The lowest BCUT2D eigenvalue weighted by Crippen LogP contribution is -2.31. The smallest absolute Gasteiger partial charge is 0.277 e. The van der Waals surface area contributed by atoms with Crippen LogP contribution in [0.3, 0.4) is 0 Å². The van der Waals surface area contributed by atoms with Crippen molar-refractivity contribution in [2.75, 3.05) is 0 Å². The van der Waals surface area contributed by atoms with Gasteiger partial charge in [0.05, 0.1) is 11.3 Å². The van der Waals surface area contributed by atoms with Crippen LogP contribution >= 0.6 is 11.6 Å². The minimum Gasteiger partial charge on any atom is -0.485 e. The number of hydrogen-bond acceptors (Lipinski definition) is 6. The molecule has 0 atom stereocenters. The number of ether oxygens (including phenoxy) is 1. The van der Waals surface area contributed by atoms with Crippen molar-refractivity contribution in [3.63, 3.8) is 0 Å². The molecule has 1 N–H and O–H groups in total. The maximum Gasteiger partial charge on any atom is 0.277 e. The monoisotopic (exact) mass is 554 g/mol. The van der Waals surface area contributed by atoms with Crippen molar-refractivity contribution in [1.82, 2.24) is 19.1 Å². The highest BCUT2D eigenvalue weighted by Crippen LogP contribution is 2.26. The molecule has 206 valence electrons. The molecule has 4 rings (SSSR count). The lowest BCUT2D eigenvalue weighted by atomic mass is 10.0. The van der Waals surface area contributed by atoms with Gasteiger partial charge in [-0.3, -0.25) is 23.7 Å². The third-order valence-corrected chi connectivity index (χ3v) is 6.22. The zero-order valence-corrected chi connectivity index (χ0v) is 23.8. The topological polar surface area (TPSA) is 99.2 Å². The number of hydrogen-bond donors (Lipinski definition) is 1. The maximum absolute atomic E-state index is 14.2. The molecule has 0 bridgehead atoms. The minimum atomic E-state index is -1.35. The van der Waals surface area contributed by atoms with Gasteiger partial charge in [0.2, 0.25) is 0 Å². The Hall–Kier alpha value is -3.82. The van der Waals surface area contributed by atoms with Crippen LogP contribution in [0.4, 0.5) is 4.39 Å². The van der Waals surface area contributed by atoms with E-state index in [0.717, 1.165) is 0 Å². The second kappa shape index (κ2) is 11.9. The van der Waals surface area contributed by atoms with Crippen molar-refractivity contribution in [2.24, 2.45) is 0 Å². The fourth-order valence-electron chi connectivity index (χ4n) is 3.92. The predicted octanol–water partition coefficient (Wildman–Crippen LogP) is 5.33. The second-order valence-corrected chi connectivity index (χ2v) is 9.70. The average Bonchev–Trinajstić information content (AvgIpc) is 2.88. The number of rotatable bonds is 6. The van der Waals surface area contributed by atoms with Crippen LogP contribution in [0.25, 0.3) is 11.5 Å². The van der Waals surface area contributed by atoms with E-state index in [1.807, 2.05) is 13.8 Å². The fraction of sp³-hybridized carbons (Fsp3) is 0.310. The second-order valence-electron chi connectivity index (χ2n) is 9.32. The number of pyridine rings is 4. The molecule has 0 amide bonds. The third kappa shape index (κ3) is 6.26. The molecule has 39 heavy (non-hydrogen) atoms. The Morgan fingerprint density at radius 1 is 1.05 bits per heavy atom. The first-order valence-electron chi connectivity index (χ1n) is 12.5. The summed E-state index contributed by atoms with van der Waals surface area (Å²) in [7, 11) is 0. The standard InChI is InChI=1S/C27H26ClFN4O4.C2H6/c1-15-9-19(29)20(30-12-15)14-37-22-10-17(3)33(26(35)24(22)28)21-11-23(31-13-16(21)2)32-8-6-7-18(25(32)34)27(4,5)36;1-2/h6-13,36H,14H2,1-5H3;1-2H3. The minimum absolute atomic E-state index is 0.0943. The Balaban J connectivity index is 0.00000205. The van der Waals surface area contributed by atoms with E-state index in [4.69, 9.17) is 16.3 Å². The van der Waals surface area contributed by atoms with Gasteiger partial charge in [0.25, 0.3) is 11.1 Å². The van der Waals surface area contributed by atoms with Gasteiger partial charge >= 0.3 is 0 Å². The van der Waals surface area contributed by atoms with E-state index in [9.17, 15) is 19.1 Å². The van der Waals surface area contributed by atoms with Crippen molar-refractivity contribution in [2.45, 2.75) is 60.7 Å². The van der Waals surface area contributed by atoms with Crippen LogP contribution < -0.4 is 15.9 Å². The molecule has 0 aliphatic heterocycles. The highest BCUT2D eigenvalue weighted by Gasteiger charge is 2.22. The van der Waals surface area contributed by atoms with E-state index in [1.54, 1.807) is 51.2 Å². The normalized spacial score (nSPS) is 11.1. The van der Waals surface area contributed by atoms with Crippen LogP contribution in [0.15, 0.2) is 58.5 Å². The Bertz CT molecular complexity index is 1620. The van der Waals surface area contributed by atoms with Crippen molar-refractivity contribution < 1.29 is 14.2 Å². The van der Waals surface area contributed by atoms with Gasteiger partial charge in [-0.1, -0.05) is 25.4 Å². The van der Waals surface area contributed by atoms with Crippen molar-refractivity contribution in [3.05, 3.63) is 109 Å². The van der Waals surface area contributed by atoms with E-state index in [-0.39, 0.29) is 34.5 Å². The van der Waals surface area contributed by atoms with Gasteiger partial charge in [0, 0.05) is 42.0 Å². The fourth-order valence-corrected chi connectivity index (χ4v) is 4.11. The van der Waals surface area contributed by atoms with Crippen molar-refractivity contribution in [3.8, 4) is 17.3 Å². The van der Waals surface area contributed by atoms with Crippen LogP contribution in [-0.4, -0.2) is 24.2 Å². The highest BCUT2D eigenvalue weighted by molar-refractivity contribution is 6.31. The zero-order valence-electron chi connectivity index (χ0n) is 23.0. The molecule has 8 nitrogen and oxygen atoms in total. The van der Waals surface area contributed by atoms with Crippen molar-refractivity contribution >= 4 is 11.6 Å². The molecular formula is C29H32ClFN4O4. The van der Waals surface area contributed by atoms with E-state index in [2.05, 4.69) is 9.97 Å². The summed E-state index contributed by atoms with van der Waals surface area (Å²) in [5, 5.41) is 10.2. The summed E-state index contributed by atoms with van der Waals surface area (Å²) in [6.45, 7) is 12.1. The van der Waals surface area contributed by atoms with Crippen LogP contribution in [-0.2, 0) is 12.2 Å². The highest BCUT2D eigenvalue weighted by atomic mass is 35.5. The molecule has 10 heteroatoms. The van der Waals surface area contributed by atoms with Crippen LogP contribution in [0.1, 0.15) is 55.8 Å². The molecule has 0 aromatic carbocycles. The van der Waals surface area contributed by atoms with Gasteiger partial charge in [-0.15, -0.1) is 0 Å².